The zero-order valence-electron chi connectivity index (χ0n) is 16.3. The van der Waals surface area contributed by atoms with Crippen LogP contribution < -0.4 is 5.32 Å². The monoisotopic (exact) mass is 419 g/mol. The minimum absolute atomic E-state index is 0.119. The normalized spacial score (nSPS) is 14.3. The van der Waals surface area contributed by atoms with Crippen molar-refractivity contribution in [3.05, 3.63) is 65.0 Å². The van der Waals surface area contributed by atoms with Crippen LogP contribution in [0.5, 0.6) is 0 Å². The van der Waals surface area contributed by atoms with Gasteiger partial charge in [-0.1, -0.05) is 6.07 Å². The summed E-state index contributed by atoms with van der Waals surface area (Å²) in [5, 5.41) is 2.61. The summed E-state index contributed by atoms with van der Waals surface area (Å²) in [5.41, 5.74) is 0.332. The molecule has 9 heteroatoms. The molecule has 1 N–H and O–H groups in total. The summed E-state index contributed by atoms with van der Waals surface area (Å²) in [4.78, 5) is 39.5. The van der Waals surface area contributed by atoms with Crippen LogP contribution in [-0.2, 0) is 4.79 Å². The smallest absolute Gasteiger partial charge is 0.257 e. The van der Waals surface area contributed by atoms with Gasteiger partial charge in [0.05, 0.1) is 5.56 Å². The molecule has 1 aliphatic heterocycles. The minimum atomic E-state index is -1.69. The van der Waals surface area contributed by atoms with Crippen LogP contribution in [0.3, 0.4) is 0 Å². The Morgan fingerprint density at radius 2 is 1.53 bits per heavy atom. The largest absolute Gasteiger partial charge is 0.337 e. The van der Waals surface area contributed by atoms with Gasteiger partial charge in [0, 0.05) is 44.4 Å². The average Bonchev–Trinajstić information content (AvgIpc) is 2.97. The van der Waals surface area contributed by atoms with E-state index >= 15 is 0 Å². The predicted octanol–water partition coefficient (Wildman–Crippen LogP) is 3.05. The van der Waals surface area contributed by atoms with Gasteiger partial charge < -0.3 is 15.1 Å². The molecular weight excluding hydrogens is 399 g/mol. The number of halogens is 3. The van der Waals surface area contributed by atoms with Crippen LogP contribution in [0, 0.1) is 17.5 Å². The van der Waals surface area contributed by atoms with Crippen LogP contribution in [0.25, 0.3) is 0 Å². The molecule has 1 fully saturated rings. The zero-order valence-corrected chi connectivity index (χ0v) is 16.3. The Bertz CT molecular complexity index is 997. The van der Waals surface area contributed by atoms with Gasteiger partial charge in [0.2, 0.25) is 5.91 Å². The van der Waals surface area contributed by atoms with E-state index in [9.17, 15) is 27.6 Å². The number of amides is 3. The summed E-state index contributed by atoms with van der Waals surface area (Å²) in [7, 11) is 0. The van der Waals surface area contributed by atoms with Crippen molar-refractivity contribution in [2.24, 2.45) is 0 Å². The van der Waals surface area contributed by atoms with Crippen molar-refractivity contribution in [1.82, 2.24) is 9.80 Å². The van der Waals surface area contributed by atoms with E-state index in [-0.39, 0.29) is 31.4 Å². The molecule has 0 atom stereocenters. The molecule has 0 radical (unpaired) electrons. The van der Waals surface area contributed by atoms with Crippen molar-refractivity contribution in [2.75, 3.05) is 31.5 Å². The molecule has 1 aliphatic rings. The third-order valence-electron chi connectivity index (χ3n) is 4.77. The molecule has 0 bridgehead atoms. The minimum Gasteiger partial charge on any atom is -0.337 e. The van der Waals surface area contributed by atoms with Crippen LogP contribution in [0.2, 0.25) is 0 Å². The van der Waals surface area contributed by atoms with Gasteiger partial charge in [-0.15, -0.1) is 0 Å². The quantitative estimate of drug-likeness (QED) is 0.778. The van der Waals surface area contributed by atoms with Crippen LogP contribution in [0.1, 0.15) is 34.1 Å². The zero-order chi connectivity index (χ0) is 21.8. The summed E-state index contributed by atoms with van der Waals surface area (Å²) in [6.07, 6.45) is 0.439. The SMILES string of the molecule is CC(=O)Nc1cccc(C(=O)N2CCCN(C(=O)c3ccc(F)c(F)c3F)CC2)c1. The Morgan fingerprint density at radius 1 is 0.867 bits per heavy atom. The Labute approximate surface area is 171 Å². The highest BCUT2D eigenvalue weighted by atomic mass is 19.2. The fourth-order valence-corrected chi connectivity index (χ4v) is 3.30. The molecule has 3 amide bonds. The van der Waals surface area contributed by atoms with Crippen molar-refractivity contribution in [1.29, 1.82) is 0 Å². The van der Waals surface area contributed by atoms with E-state index in [4.69, 9.17) is 0 Å². The van der Waals surface area contributed by atoms with Gasteiger partial charge in [-0.05, 0) is 36.8 Å². The van der Waals surface area contributed by atoms with E-state index in [1.165, 1.54) is 11.8 Å². The van der Waals surface area contributed by atoms with Gasteiger partial charge in [0.15, 0.2) is 17.5 Å². The number of anilines is 1. The second kappa shape index (κ2) is 8.98. The van der Waals surface area contributed by atoms with Gasteiger partial charge in [-0.25, -0.2) is 13.2 Å². The molecule has 0 aliphatic carbocycles. The van der Waals surface area contributed by atoms with Gasteiger partial charge in [0.25, 0.3) is 11.8 Å². The number of benzene rings is 2. The lowest BCUT2D eigenvalue weighted by atomic mass is 10.1. The second-order valence-electron chi connectivity index (χ2n) is 6.92. The first-order valence-corrected chi connectivity index (χ1v) is 9.37. The maximum Gasteiger partial charge on any atom is 0.257 e. The fourth-order valence-electron chi connectivity index (χ4n) is 3.30. The van der Waals surface area contributed by atoms with E-state index in [0.717, 1.165) is 6.07 Å². The molecule has 2 aromatic carbocycles. The number of carbonyl (C=O) groups excluding carboxylic acids is 3. The third-order valence-corrected chi connectivity index (χ3v) is 4.77. The molecule has 6 nitrogen and oxygen atoms in total. The van der Waals surface area contributed by atoms with Crippen LogP contribution >= 0.6 is 0 Å². The highest BCUT2D eigenvalue weighted by molar-refractivity contribution is 5.97. The fraction of sp³-hybridized carbons (Fsp3) is 0.286. The van der Waals surface area contributed by atoms with Gasteiger partial charge >= 0.3 is 0 Å². The maximum atomic E-state index is 14.0. The average molecular weight is 419 g/mol. The lowest BCUT2D eigenvalue weighted by molar-refractivity contribution is -0.114. The molecule has 3 rings (SSSR count). The van der Waals surface area contributed by atoms with Gasteiger partial charge in [0.1, 0.15) is 0 Å². The van der Waals surface area contributed by atoms with E-state index in [2.05, 4.69) is 5.32 Å². The number of hydrogen-bond acceptors (Lipinski definition) is 3. The third kappa shape index (κ3) is 4.61. The second-order valence-corrected chi connectivity index (χ2v) is 6.92. The standard InChI is InChI=1S/C21H20F3N3O3/c1-13(28)25-15-5-2-4-14(12-15)20(29)26-8-3-9-27(11-10-26)21(30)16-6-7-17(22)19(24)18(16)23/h2,4-7,12H,3,8-11H2,1H3,(H,25,28). The summed E-state index contributed by atoms with van der Waals surface area (Å²) in [6, 6.07) is 8.13. The first-order chi connectivity index (χ1) is 14.3. The number of nitrogens with zero attached hydrogens (tertiary/aromatic N) is 2. The van der Waals surface area contributed by atoms with Gasteiger partial charge in [-0.3, -0.25) is 14.4 Å². The number of nitrogens with one attached hydrogen (secondary N) is 1. The molecule has 1 saturated heterocycles. The number of rotatable bonds is 3. The summed E-state index contributed by atoms with van der Waals surface area (Å²) in [5.74, 6) is -5.85. The molecule has 158 valence electrons. The highest BCUT2D eigenvalue weighted by Crippen LogP contribution is 2.19. The van der Waals surface area contributed by atoms with Crippen molar-refractivity contribution in [3.63, 3.8) is 0 Å². The predicted molar refractivity (Wildman–Crippen MR) is 103 cm³/mol. The van der Waals surface area contributed by atoms with Crippen molar-refractivity contribution in [2.45, 2.75) is 13.3 Å². The summed E-state index contributed by atoms with van der Waals surface area (Å²) >= 11 is 0. The Balaban J connectivity index is 1.70. The molecule has 30 heavy (non-hydrogen) atoms. The Morgan fingerprint density at radius 3 is 2.20 bits per heavy atom. The van der Waals surface area contributed by atoms with Gasteiger partial charge in [-0.2, -0.15) is 0 Å². The van der Waals surface area contributed by atoms with Crippen molar-refractivity contribution < 1.29 is 27.6 Å². The number of hydrogen-bond donors (Lipinski definition) is 1. The molecule has 2 aromatic rings. The highest BCUT2D eigenvalue weighted by Gasteiger charge is 2.27. The Hall–Kier alpha value is -3.36. The molecule has 0 aromatic heterocycles. The topological polar surface area (TPSA) is 69.7 Å². The summed E-state index contributed by atoms with van der Waals surface area (Å²) < 4.78 is 40.6. The van der Waals surface area contributed by atoms with Crippen LogP contribution in [0.4, 0.5) is 18.9 Å². The molecular formula is C21H20F3N3O3. The maximum absolute atomic E-state index is 14.0. The molecule has 0 unspecified atom stereocenters. The van der Waals surface area contributed by atoms with E-state index in [1.54, 1.807) is 29.2 Å². The number of carbonyl (C=O) groups is 3. The van der Waals surface area contributed by atoms with Crippen LogP contribution in [-0.4, -0.2) is 53.7 Å². The Kier molecular flexibility index (Phi) is 6.39. The first kappa shape index (κ1) is 21.4. The lowest BCUT2D eigenvalue weighted by Gasteiger charge is -2.22. The lowest BCUT2D eigenvalue weighted by Crippen LogP contribution is -2.37. The molecule has 0 saturated carbocycles. The van der Waals surface area contributed by atoms with Crippen LogP contribution in [0.15, 0.2) is 36.4 Å². The van der Waals surface area contributed by atoms with E-state index in [1.807, 2.05) is 0 Å². The summed E-state index contributed by atoms with van der Waals surface area (Å²) in [6.45, 7) is 2.29. The molecule has 0 spiro atoms. The van der Waals surface area contributed by atoms with E-state index < -0.39 is 28.9 Å². The first-order valence-electron chi connectivity index (χ1n) is 9.37. The van der Waals surface area contributed by atoms with E-state index in [0.29, 0.717) is 30.3 Å². The van der Waals surface area contributed by atoms with Crippen molar-refractivity contribution >= 4 is 23.4 Å². The van der Waals surface area contributed by atoms with Crippen molar-refractivity contribution in [3.8, 4) is 0 Å². The molecule has 1 heterocycles.